The number of hydrogen-bond donors (Lipinski definition) is 0. The van der Waals surface area contributed by atoms with E-state index in [1.54, 1.807) is 0 Å². The minimum absolute atomic E-state index is 0.682. The Balaban J connectivity index is 1.65. The summed E-state index contributed by atoms with van der Waals surface area (Å²) in [5, 5.41) is 0. The lowest BCUT2D eigenvalue weighted by molar-refractivity contribution is 1.11. The molecule has 0 unspecified atom stereocenters. The third-order valence-electron chi connectivity index (χ3n) is 4.50. The summed E-state index contributed by atoms with van der Waals surface area (Å²) in [4.78, 5) is 9.40. The highest BCUT2D eigenvalue weighted by Gasteiger charge is 2.00. The van der Waals surface area contributed by atoms with Crippen molar-refractivity contribution >= 4 is 36.5 Å². The van der Waals surface area contributed by atoms with Crippen LogP contribution in [-0.2, 0) is 0 Å². The van der Waals surface area contributed by atoms with Gasteiger partial charge in [0.05, 0.1) is 11.4 Å². The zero-order valence-corrected chi connectivity index (χ0v) is 16.6. The molecule has 0 spiro atoms. The molecule has 0 atom stereocenters. The average Bonchev–Trinajstić information content (AvgIpc) is 2.82. The Kier molecular flexibility index (Phi) is 6.39. The number of nitrogens with zero attached hydrogens (tertiary/aromatic N) is 2. The van der Waals surface area contributed by atoms with Gasteiger partial charge in [0.1, 0.15) is 0 Å². The number of hydrogen-bond acceptors (Lipinski definition) is 2. The summed E-state index contributed by atoms with van der Waals surface area (Å²) in [6.45, 7) is 0. The highest BCUT2D eigenvalue weighted by molar-refractivity contribution is 5.73. The number of benzene rings is 3. The van der Waals surface area contributed by atoms with E-state index in [-0.39, 0.29) is 0 Å². The monoisotopic (exact) mass is 386 g/mol. The van der Waals surface area contributed by atoms with Gasteiger partial charge < -0.3 is 0 Å². The van der Waals surface area contributed by atoms with E-state index in [1.807, 2.05) is 85.0 Å². The molecule has 144 valence electrons. The second kappa shape index (κ2) is 9.94. The molecule has 0 aliphatic heterocycles. The SMILES string of the molecule is C(=C\c1cc(/C=C/c2ccccc2)nc(/C=C/c2ccccc2)n1)/c1ccccc1. The molecule has 0 N–H and O–H groups in total. The minimum atomic E-state index is 0.682. The van der Waals surface area contributed by atoms with Crippen LogP contribution in [0.1, 0.15) is 33.9 Å². The topological polar surface area (TPSA) is 25.8 Å². The summed E-state index contributed by atoms with van der Waals surface area (Å²) < 4.78 is 0. The quantitative estimate of drug-likeness (QED) is 0.357. The fraction of sp³-hybridized carbons (Fsp3) is 0. The lowest BCUT2D eigenvalue weighted by atomic mass is 10.1. The van der Waals surface area contributed by atoms with Crippen LogP contribution in [0.3, 0.4) is 0 Å². The molecule has 0 saturated carbocycles. The van der Waals surface area contributed by atoms with Gasteiger partial charge in [-0.3, -0.25) is 0 Å². The number of rotatable bonds is 6. The number of aromatic nitrogens is 2. The first kappa shape index (κ1) is 19.3. The smallest absolute Gasteiger partial charge is 0.153 e. The molecule has 0 bridgehead atoms. The summed E-state index contributed by atoms with van der Waals surface area (Å²) in [5.41, 5.74) is 5.13. The molecule has 2 nitrogen and oxygen atoms in total. The van der Waals surface area contributed by atoms with E-state index in [0.29, 0.717) is 5.82 Å². The summed E-state index contributed by atoms with van der Waals surface area (Å²) >= 11 is 0. The molecule has 3 aromatic carbocycles. The van der Waals surface area contributed by atoms with Crippen molar-refractivity contribution in [1.82, 2.24) is 9.97 Å². The van der Waals surface area contributed by atoms with Gasteiger partial charge in [0.25, 0.3) is 0 Å². The second-order valence-electron chi connectivity index (χ2n) is 6.81. The van der Waals surface area contributed by atoms with Crippen molar-refractivity contribution in [2.45, 2.75) is 0 Å². The van der Waals surface area contributed by atoms with Crippen LogP contribution >= 0.6 is 0 Å². The van der Waals surface area contributed by atoms with E-state index in [2.05, 4.69) is 48.6 Å². The summed E-state index contributed by atoms with van der Waals surface area (Å²) in [7, 11) is 0. The van der Waals surface area contributed by atoms with Gasteiger partial charge in [-0.05, 0) is 41.0 Å². The molecule has 0 radical (unpaired) electrons. The second-order valence-corrected chi connectivity index (χ2v) is 6.81. The zero-order valence-electron chi connectivity index (χ0n) is 16.6. The highest BCUT2D eigenvalue weighted by Crippen LogP contribution is 2.13. The third-order valence-corrected chi connectivity index (χ3v) is 4.50. The molecule has 30 heavy (non-hydrogen) atoms. The van der Waals surface area contributed by atoms with Crippen molar-refractivity contribution in [3.63, 3.8) is 0 Å². The molecule has 0 aliphatic rings. The third kappa shape index (κ3) is 5.73. The van der Waals surface area contributed by atoms with Crippen molar-refractivity contribution in [2.75, 3.05) is 0 Å². The molecule has 2 heteroatoms. The molecular formula is C28H22N2. The Morgan fingerprint density at radius 3 is 1.17 bits per heavy atom. The normalized spacial score (nSPS) is 11.6. The van der Waals surface area contributed by atoms with Gasteiger partial charge in [-0.25, -0.2) is 9.97 Å². The van der Waals surface area contributed by atoms with Crippen molar-refractivity contribution < 1.29 is 0 Å². The molecular weight excluding hydrogens is 364 g/mol. The van der Waals surface area contributed by atoms with Crippen LogP contribution < -0.4 is 0 Å². The lowest BCUT2D eigenvalue weighted by Gasteiger charge is -2.01. The highest BCUT2D eigenvalue weighted by atomic mass is 14.9. The van der Waals surface area contributed by atoms with Gasteiger partial charge in [-0.15, -0.1) is 0 Å². The predicted octanol–water partition coefficient (Wildman–Crippen LogP) is 6.99. The van der Waals surface area contributed by atoms with E-state index in [0.717, 1.165) is 28.1 Å². The van der Waals surface area contributed by atoms with Crippen molar-refractivity contribution in [3.05, 3.63) is 131 Å². The Labute approximate surface area is 177 Å². The van der Waals surface area contributed by atoms with Crippen molar-refractivity contribution in [2.24, 2.45) is 0 Å². The fourth-order valence-corrected chi connectivity index (χ4v) is 2.98. The first-order chi connectivity index (χ1) is 14.8. The van der Waals surface area contributed by atoms with Crippen LogP contribution in [0.4, 0.5) is 0 Å². The molecule has 4 rings (SSSR count). The Morgan fingerprint density at radius 2 is 0.767 bits per heavy atom. The van der Waals surface area contributed by atoms with Gasteiger partial charge in [0.2, 0.25) is 0 Å². The maximum absolute atomic E-state index is 4.70. The average molecular weight is 386 g/mol. The van der Waals surface area contributed by atoms with E-state index in [4.69, 9.17) is 9.97 Å². The van der Waals surface area contributed by atoms with E-state index in [9.17, 15) is 0 Å². The van der Waals surface area contributed by atoms with Gasteiger partial charge >= 0.3 is 0 Å². The molecule has 0 fully saturated rings. The van der Waals surface area contributed by atoms with Crippen LogP contribution in [0.15, 0.2) is 97.1 Å². The van der Waals surface area contributed by atoms with Crippen LogP contribution in [0.5, 0.6) is 0 Å². The molecule has 0 aliphatic carbocycles. The molecule has 1 aromatic heterocycles. The van der Waals surface area contributed by atoms with E-state index in [1.165, 1.54) is 0 Å². The minimum Gasteiger partial charge on any atom is -0.229 e. The fourth-order valence-electron chi connectivity index (χ4n) is 2.98. The Bertz CT molecular complexity index is 996. The van der Waals surface area contributed by atoms with E-state index >= 15 is 0 Å². The standard InChI is InChI=1S/C28H22N2/c1-4-10-23(11-5-1)16-19-26-22-27(20-17-24-12-6-2-7-13-24)30-28(29-26)21-18-25-14-8-3-9-15-25/h1-22H/b19-16+,20-17+,21-18+. The van der Waals surface area contributed by atoms with Crippen LogP contribution in [0, 0.1) is 0 Å². The van der Waals surface area contributed by atoms with Crippen LogP contribution in [-0.4, -0.2) is 9.97 Å². The van der Waals surface area contributed by atoms with Gasteiger partial charge in [0.15, 0.2) is 5.82 Å². The van der Waals surface area contributed by atoms with Crippen molar-refractivity contribution in [1.29, 1.82) is 0 Å². The molecule has 0 saturated heterocycles. The zero-order chi connectivity index (χ0) is 20.4. The molecule has 4 aromatic rings. The van der Waals surface area contributed by atoms with Crippen LogP contribution in [0.2, 0.25) is 0 Å². The Hall–Kier alpha value is -4.04. The maximum Gasteiger partial charge on any atom is 0.153 e. The van der Waals surface area contributed by atoms with Gasteiger partial charge in [-0.2, -0.15) is 0 Å². The Morgan fingerprint density at radius 1 is 0.400 bits per heavy atom. The first-order valence-corrected chi connectivity index (χ1v) is 9.94. The summed E-state index contributed by atoms with van der Waals surface area (Å²) in [6.07, 6.45) is 12.2. The van der Waals surface area contributed by atoms with Crippen molar-refractivity contribution in [3.8, 4) is 0 Å². The summed E-state index contributed by atoms with van der Waals surface area (Å²) in [5.74, 6) is 0.682. The van der Waals surface area contributed by atoms with Gasteiger partial charge in [0, 0.05) is 0 Å². The molecule has 1 heterocycles. The van der Waals surface area contributed by atoms with Crippen LogP contribution in [0.25, 0.3) is 36.5 Å². The molecule has 0 amide bonds. The van der Waals surface area contributed by atoms with E-state index < -0.39 is 0 Å². The lowest BCUT2D eigenvalue weighted by Crippen LogP contribution is -1.94. The van der Waals surface area contributed by atoms with Gasteiger partial charge in [-0.1, -0.05) is 109 Å². The summed E-state index contributed by atoms with van der Waals surface area (Å²) in [6, 6.07) is 32.6. The largest absolute Gasteiger partial charge is 0.229 e. The maximum atomic E-state index is 4.70. The first-order valence-electron chi connectivity index (χ1n) is 9.94. The predicted molar refractivity (Wildman–Crippen MR) is 128 cm³/mol.